The Morgan fingerprint density at radius 3 is 2.71 bits per heavy atom. The SMILES string of the molecule is CC(Nc1ccc(Cl)c2ncccc12)c1ccccc1O. The number of aromatic nitrogens is 1. The van der Waals surface area contributed by atoms with Crippen molar-refractivity contribution in [2.24, 2.45) is 0 Å². The van der Waals surface area contributed by atoms with Gasteiger partial charge in [0.15, 0.2) is 0 Å². The fourth-order valence-corrected chi connectivity index (χ4v) is 2.64. The van der Waals surface area contributed by atoms with Crippen molar-refractivity contribution < 1.29 is 5.11 Å². The molecule has 1 aromatic heterocycles. The van der Waals surface area contributed by atoms with Gasteiger partial charge in [-0.1, -0.05) is 29.8 Å². The molecule has 0 saturated carbocycles. The van der Waals surface area contributed by atoms with Gasteiger partial charge in [-0.05, 0) is 37.3 Å². The standard InChI is InChI=1S/C17H15ClN2O/c1-11(12-5-2-3-7-16(12)21)20-15-9-8-14(18)17-13(15)6-4-10-19-17/h2-11,20-21H,1H3. The number of nitrogens with zero attached hydrogens (tertiary/aromatic N) is 1. The molecule has 0 saturated heterocycles. The van der Waals surface area contributed by atoms with E-state index in [-0.39, 0.29) is 11.8 Å². The molecule has 3 rings (SSSR count). The maximum Gasteiger partial charge on any atom is 0.120 e. The molecule has 1 unspecified atom stereocenters. The lowest BCUT2D eigenvalue weighted by Gasteiger charge is -2.18. The number of para-hydroxylation sites is 1. The summed E-state index contributed by atoms with van der Waals surface area (Å²) < 4.78 is 0. The molecule has 2 N–H and O–H groups in total. The first-order chi connectivity index (χ1) is 10.2. The van der Waals surface area contributed by atoms with E-state index in [2.05, 4.69) is 10.3 Å². The summed E-state index contributed by atoms with van der Waals surface area (Å²) in [7, 11) is 0. The van der Waals surface area contributed by atoms with E-state index in [0.717, 1.165) is 22.2 Å². The van der Waals surface area contributed by atoms with Gasteiger partial charge in [0.1, 0.15) is 5.75 Å². The summed E-state index contributed by atoms with van der Waals surface area (Å²) >= 11 is 6.18. The Hall–Kier alpha value is -2.26. The summed E-state index contributed by atoms with van der Waals surface area (Å²) in [5, 5.41) is 14.9. The Bertz CT molecular complexity index is 789. The number of halogens is 1. The van der Waals surface area contributed by atoms with Gasteiger partial charge in [-0.2, -0.15) is 0 Å². The summed E-state index contributed by atoms with van der Waals surface area (Å²) in [6.45, 7) is 2.01. The number of hydrogen-bond donors (Lipinski definition) is 2. The molecular weight excluding hydrogens is 284 g/mol. The summed E-state index contributed by atoms with van der Waals surface area (Å²) in [6, 6.07) is 14.9. The summed E-state index contributed by atoms with van der Waals surface area (Å²) in [4.78, 5) is 4.32. The van der Waals surface area contributed by atoms with E-state index < -0.39 is 0 Å². The molecular formula is C17H15ClN2O. The van der Waals surface area contributed by atoms with Crippen LogP contribution >= 0.6 is 11.6 Å². The van der Waals surface area contributed by atoms with E-state index in [1.165, 1.54) is 0 Å². The molecule has 1 atom stereocenters. The van der Waals surface area contributed by atoms with E-state index >= 15 is 0 Å². The van der Waals surface area contributed by atoms with Gasteiger partial charge in [0, 0.05) is 22.8 Å². The zero-order chi connectivity index (χ0) is 14.8. The monoisotopic (exact) mass is 298 g/mol. The fraction of sp³-hybridized carbons (Fsp3) is 0.118. The summed E-state index contributed by atoms with van der Waals surface area (Å²) in [5.41, 5.74) is 2.57. The Kier molecular flexibility index (Phi) is 3.67. The van der Waals surface area contributed by atoms with Crippen LogP contribution in [0.5, 0.6) is 5.75 Å². The second-order valence-electron chi connectivity index (χ2n) is 4.92. The number of benzene rings is 2. The summed E-state index contributed by atoms with van der Waals surface area (Å²) in [5.74, 6) is 0.286. The van der Waals surface area contributed by atoms with Gasteiger partial charge >= 0.3 is 0 Å². The number of phenolic OH excluding ortho intramolecular Hbond substituents is 1. The first-order valence-corrected chi connectivity index (χ1v) is 7.12. The molecule has 0 bridgehead atoms. The molecule has 0 amide bonds. The molecule has 21 heavy (non-hydrogen) atoms. The molecule has 0 spiro atoms. The topological polar surface area (TPSA) is 45.2 Å². The Balaban J connectivity index is 1.99. The van der Waals surface area contributed by atoms with Gasteiger partial charge in [0.05, 0.1) is 16.6 Å². The highest BCUT2D eigenvalue weighted by Gasteiger charge is 2.12. The molecule has 0 aliphatic heterocycles. The Morgan fingerprint density at radius 2 is 1.90 bits per heavy atom. The second kappa shape index (κ2) is 5.62. The largest absolute Gasteiger partial charge is 0.508 e. The summed E-state index contributed by atoms with van der Waals surface area (Å²) in [6.07, 6.45) is 1.73. The molecule has 0 aliphatic carbocycles. The smallest absolute Gasteiger partial charge is 0.120 e. The van der Waals surface area contributed by atoms with E-state index in [9.17, 15) is 5.11 Å². The predicted octanol–water partition coefficient (Wildman–Crippen LogP) is 4.77. The molecule has 3 nitrogen and oxygen atoms in total. The lowest BCUT2D eigenvalue weighted by atomic mass is 10.1. The van der Waals surface area contributed by atoms with Gasteiger partial charge in [-0.15, -0.1) is 0 Å². The van der Waals surface area contributed by atoms with Gasteiger partial charge in [0.25, 0.3) is 0 Å². The van der Waals surface area contributed by atoms with Gasteiger partial charge < -0.3 is 10.4 Å². The predicted molar refractivity (Wildman–Crippen MR) is 86.9 cm³/mol. The van der Waals surface area contributed by atoms with Gasteiger partial charge in [-0.25, -0.2) is 0 Å². The number of fused-ring (bicyclic) bond motifs is 1. The highest BCUT2D eigenvalue weighted by molar-refractivity contribution is 6.35. The zero-order valence-corrected chi connectivity index (χ0v) is 12.3. The quantitative estimate of drug-likeness (QED) is 0.732. The maximum atomic E-state index is 9.94. The van der Waals surface area contributed by atoms with Crippen molar-refractivity contribution in [1.82, 2.24) is 4.98 Å². The van der Waals surface area contributed by atoms with Crippen molar-refractivity contribution in [2.45, 2.75) is 13.0 Å². The van der Waals surface area contributed by atoms with Crippen LogP contribution < -0.4 is 5.32 Å². The number of pyridine rings is 1. The van der Waals surface area contributed by atoms with Crippen molar-refractivity contribution in [3.05, 3.63) is 65.3 Å². The van der Waals surface area contributed by atoms with E-state index in [4.69, 9.17) is 11.6 Å². The number of aromatic hydroxyl groups is 1. The van der Waals surface area contributed by atoms with Crippen molar-refractivity contribution in [3.63, 3.8) is 0 Å². The normalized spacial score (nSPS) is 12.3. The van der Waals surface area contributed by atoms with E-state index in [0.29, 0.717) is 5.02 Å². The van der Waals surface area contributed by atoms with Crippen LogP contribution in [-0.4, -0.2) is 10.1 Å². The second-order valence-corrected chi connectivity index (χ2v) is 5.33. The Morgan fingerprint density at radius 1 is 1.10 bits per heavy atom. The average molecular weight is 299 g/mol. The molecule has 0 fully saturated rings. The Labute approximate surface area is 128 Å². The molecule has 4 heteroatoms. The molecule has 106 valence electrons. The van der Waals surface area contributed by atoms with Crippen LogP contribution in [-0.2, 0) is 0 Å². The third-order valence-electron chi connectivity index (χ3n) is 3.50. The van der Waals surface area contributed by atoms with Crippen molar-refractivity contribution in [2.75, 3.05) is 5.32 Å². The van der Waals surface area contributed by atoms with Crippen molar-refractivity contribution in [3.8, 4) is 5.75 Å². The minimum Gasteiger partial charge on any atom is -0.508 e. The number of anilines is 1. The third-order valence-corrected chi connectivity index (χ3v) is 3.80. The molecule has 3 aromatic rings. The van der Waals surface area contributed by atoms with Crippen LogP contribution in [0, 0.1) is 0 Å². The van der Waals surface area contributed by atoms with Crippen molar-refractivity contribution in [1.29, 1.82) is 0 Å². The molecule has 1 heterocycles. The van der Waals surface area contributed by atoms with Crippen LogP contribution in [0.25, 0.3) is 10.9 Å². The highest BCUT2D eigenvalue weighted by Crippen LogP contribution is 2.32. The minimum absolute atomic E-state index is 0.0317. The van der Waals surface area contributed by atoms with Crippen molar-refractivity contribution >= 4 is 28.2 Å². The van der Waals surface area contributed by atoms with Crippen LogP contribution in [0.1, 0.15) is 18.5 Å². The first kappa shape index (κ1) is 13.7. The minimum atomic E-state index is -0.0317. The molecule has 0 radical (unpaired) electrons. The van der Waals surface area contributed by atoms with Crippen LogP contribution in [0.4, 0.5) is 5.69 Å². The average Bonchev–Trinajstić information content (AvgIpc) is 2.51. The highest BCUT2D eigenvalue weighted by atomic mass is 35.5. The lowest BCUT2D eigenvalue weighted by Crippen LogP contribution is -2.07. The maximum absolute atomic E-state index is 9.94. The van der Waals surface area contributed by atoms with Crippen LogP contribution in [0.15, 0.2) is 54.7 Å². The number of rotatable bonds is 3. The molecule has 0 aliphatic rings. The van der Waals surface area contributed by atoms with Crippen LogP contribution in [0.2, 0.25) is 5.02 Å². The molecule has 2 aromatic carbocycles. The fourth-order valence-electron chi connectivity index (χ4n) is 2.43. The third kappa shape index (κ3) is 2.65. The zero-order valence-electron chi connectivity index (χ0n) is 11.5. The number of hydrogen-bond acceptors (Lipinski definition) is 3. The lowest BCUT2D eigenvalue weighted by molar-refractivity contribution is 0.465. The van der Waals surface area contributed by atoms with E-state index in [1.807, 2.05) is 49.4 Å². The first-order valence-electron chi connectivity index (χ1n) is 6.74. The number of phenols is 1. The van der Waals surface area contributed by atoms with Crippen LogP contribution in [0.3, 0.4) is 0 Å². The van der Waals surface area contributed by atoms with Gasteiger partial charge in [0.2, 0.25) is 0 Å². The van der Waals surface area contributed by atoms with E-state index in [1.54, 1.807) is 12.3 Å². The van der Waals surface area contributed by atoms with Gasteiger partial charge in [-0.3, -0.25) is 4.98 Å². The number of nitrogens with one attached hydrogen (secondary N) is 1.